The molecule has 0 saturated heterocycles. The molecule has 0 heterocycles. The number of benzene rings is 3. The van der Waals surface area contributed by atoms with E-state index in [1.807, 2.05) is 49.4 Å². The predicted molar refractivity (Wildman–Crippen MR) is 136 cm³/mol. The van der Waals surface area contributed by atoms with Gasteiger partial charge >= 0.3 is 10.1 Å². The lowest BCUT2D eigenvalue weighted by Crippen LogP contribution is -2.57. The molecule has 0 amide bonds. The highest BCUT2D eigenvalue weighted by Crippen LogP contribution is 2.30. The smallest absolute Gasteiger partial charge is 0.346 e. The molecule has 0 aliphatic heterocycles. The van der Waals surface area contributed by atoms with Gasteiger partial charge in [0.05, 0.1) is 0 Å². The van der Waals surface area contributed by atoms with Crippen molar-refractivity contribution in [3.05, 3.63) is 89.0 Å². The Labute approximate surface area is 203 Å². The molecule has 0 radical (unpaired) electrons. The maximum Gasteiger partial charge on any atom is 0.346 e. The van der Waals surface area contributed by atoms with Crippen LogP contribution in [0.2, 0.25) is 0 Å². The number of hydrogen-bond acceptors (Lipinski definition) is 5. The summed E-state index contributed by atoms with van der Waals surface area (Å²) in [6, 6.07) is 20.6. The molecule has 0 bridgehead atoms. The number of aryl methyl sites for hydroxylation is 3. The molecule has 6 nitrogen and oxygen atoms in total. The number of ether oxygens (including phenoxy) is 1. The first-order chi connectivity index (χ1) is 16.0. The zero-order chi connectivity index (χ0) is 24.9. The summed E-state index contributed by atoms with van der Waals surface area (Å²) in [6.45, 7) is 10.3. The maximum atomic E-state index is 13.4. The molecule has 0 fully saturated rings. The highest BCUT2D eigenvalue weighted by atomic mass is 32.2. The Morgan fingerprint density at radius 2 is 1.50 bits per heavy atom. The van der Waals surface area contributed by atoms with Gasteiger partial charge in [-0.15, -0.1) is 5.84 Å². The van der Waals surface area contributed by atoms with Crippen molar-refractivity contribution < 1.29 is 17.4 Å². The van der Waals surface area contributed by atoms with E-state index in [9.17, 15) is 8.42 Å². The summed E-state index contributed by atoms with van der Waals surface area (Å²) in [6.07, 6.45) is 0.685. The molecular weight excluding hydrogens is 448 g/mol. The van der Waals surface area contributed by atoms with Crippen molar-refractivity contribution in [1.29, 1.82) is 0 Å². The molecule has 3 aromatic carbocycles. The van der Waals surface area contributed by atoms with Gasteiger partial charge in [0.2, 0.25) is 0 Å². The summed E-state index contributed by atoms with van der Waals surface area (Å²) in [4.78, 5) is 0.165. The molecular formula is C27H35N2O4S+. The first kappa shape index (κ1) is 25.9. The van der Waals surface area contributed by atoms with Gasteiger partial charge in [-0.05, 0) is 59.8 Å². The summed E-state index contributed by atoms with van der Waals surface area (Å²) >= 11 is 0. The van der Waals surface area contributed by atoms with Crippen LogP contribution in [-0.4, -0.2) is 15.0 Å². The molecule has 2 N–H and O–H groups in total. The summed E-state index contributed by atoms with van der Waals surface area (Å²) < 4.78 is 37.8. The minimum atomic E-state index is -4.13. The van der Waals surface area contributed by atoms with Crippen molar-refractivity contribution in [1.82, 2.24) is 4.76 Å². The molecule has 3 aromatic rings. The third-order valence-corrected chi connectivity index (χ3v) is 7.25. The first-order valence-corrected chi connectivity index (χ1v) is 12.9. The van der Waals surface area contributed by atoms with Gasteiger partial charge in [0, 0.05) is 18.6 Å². The van der Waals surface area contributed by atoms with Crippen molar-refractivity contribution in [3.8, 4) is 5.75 Å². The van der Waals surface area contributed by atoms with Crippen LogP contribution in [0.3, 0.4) is 0 Å². The summed E-state index contributed by atoms with van der Waals surface area (Å²) in [5, 5.41) is 0. The number of quaternary nitrogens is 1. The number of nitrogens with zero attached hydrogens (tertiary/aromatic N) is 1. The van der Waals surface area contributed by atoms with Crippen molar-refractivity contribution in [2.24, 2.45) is 11.8 Å². The molecule has 0 spiro atoms. The van der Waals surface area contributed by atoms with E-state index in [1.165, 1.54) is 0 Å². The van der Waals surface area contributed by atoms with Crippen LogP contribution in [0.25, 0.3) is 0 Å². The fraction of sp³-hybridized carbons (Fsp3) is 0.333. The summed E-state index contributed by atoms with van der Waals surface area (Å²) in [5.41, 5.74) is 3.85. The highest BCUT2D eigenvalue weighted by Gasteiger charge is 2.38. The molecule has 7 heteroatoms. The monoisotopic (exact) mass is 483 g/mol. The Balaban J connectivity index is 1.88. The van der Waals surface area contributed by atoms with Crippen LogP contribution in [0, 0.1) is 26.7 Å². The second-order valence-corrected chi connectivity index (χ2v) is 10.7. The van der Waals surface area contributed by atoms with Crippen LogP contribution in [0.5, 0.6) is 5.75 Å². The van der Waals surface area contributed by atoms with E-state index in [4.69, 9.17) is 14.9 Å². The topological polar surface area (TPSA) is 78.6 Å². The SMILES string of the molecule is Cc1cc(C)c(S(=O)(=O)O[N+](N)(CCC(C)C)c2ccc(OCc3ccccc3)cc2)c(C)c1. The molecule has 1 atom stereocenters. The number of hydrogen-bond donors (Lipinski definition) is 1. The lowest BCUT2D eigenvalue weighted by Gasteiger charge is -2.29. The van der Waals surface area contributed by atoms with Crippen molar-refractivity contribution >= 4 is 15.8 Å². The Bertz CT molecular complexity index is 1190. The van der Waals surface area contributed by atoms with E-state index in [-0.39, 0.29) is 4.90 Å². The van der Waals surface area contributed by atoms with E-state index in [0.717, 1.165) is 11.1 Å². The lowest BCUT2D eigenvalue weighted by molar-refractivity contribution is -0.0468. The van der Waals surface area contributed by atoms with Gasteiger partial charge in [-0.25, -0.2) is 0 Å². The molecule has 182 valence electrons. The minimum Gasteiger partial charge on any atom is -0.489 e. The summed E-state index contributed by atoms with van der Waals surface area (Å²) in [7, 11) is -4.13. The quantitative estimate of drug-likeness (QED) is 0.226. The molecule has 34 heavy (non-hydrogen) atoms. The van der Waals surface area contributed by atoms with Crippen LogP contribution in [0.15, 0.2) is 71.6 Å². The second-order valence-electron chi connectivity index (χ2n) is 9.23. The molecule has 0 aromatic heterocycles. The molecule has 0 aliphatic rings. The Hall–Kier alpha value is -2.71. The Kier molecular flexibility index (Phi) is 8.15. The van der Waals surface area contributed by atoms with Gasteiger partial charge in [0.1, 0.15) is 23.8 Å². The standard InChI is InChI=1S/C27H35N2O4S/c1-20(2)15-16-29(28,33-34(30,31)27-22(4)17-21(3)18-23(27)5)25-11-13-26(14-12-25)32-19-24-9-7-6-8-10-24/h6-14,17-18,20H,15-16,19,28H2,1-5H3/q+1. The largest absolute Gasteiger partial charge is 0.489 e. The molecule has 1 unspecified atom stereocenters. The normalized spacial score (nSPS) is 13.6. The molecule has 0 saturated carbocycles. The average Bonchev–Trinajstić information content (AvgIpc) is 2.76. The molecule has 3 rings (SSSR count). The third-order valence-electron chi connectivity index (χ3n) is 5.65. The number of nitrogens with two attached hydrogens (primary N) is 1. The van der Waals surface area contributed by atoms with Crippen LogP contribution in [-0.2, 0) is 21.0 Å². The lowest BCUT2D eigenvalue weighted by atomic mass is 10.1. The van der Waals surface area contributed by atoms with E-state index in [1.54, 1.807) is 38.1 Å². The van der Waals surface area contributed by atoms with E-state index >= 15 is 0 Å². The summed E-state index contributed by atoms with van der Waals surface area (Å²) in [5.74, 6) is 7.62. The Morgan fingerprint density at radius 1 is 0.912 bits per heavy atom. The van der Waals surface area contributed by atoms with Crippen molar-refractivity contribution in [2.75, 3.05) is 6.54 Å². The van der Waals surface area contributed by atoms with Gasteiger partial charge in [-0.3, -0.25) is 0 Å². The van der Waals surface area contributed by atoms with E-state index < -0.39 is 14.9 Å². The second kappa shape index (κ2) is 10.7. The van der Waals surface area contributed by atoms with Crippen LogP contribution in [0.4, 0.5) is 5.69 Å². The zero-order valence-electron chi connectivity index (χ0n) is 20.6. The third kappa shape index (κ3) is 6.45. The van der Waals surface area contributed by atoms with Gasteiger partial charge in [-0.2, -0.15) is 8.42 Å². The van der Waals surface area contributed by atoms with Gasteiger partial charge in [-0.1, -0.05) is 66.6 Å². The number of rotatable bonds is 10. The Morgan fingerprint density at radius 3 is 2.06 bits per heavy atom. The predicted octanol–water partition coefficient (Wildman–Crippen LogP) is 5.74. The average molecular weight is 484 g/mol. The van der Waals surface area contributed by atoms with Crippen molar-refractivity contribution in [2.45, 2.75) is 52.5 Å². The fourth-order valence-electron chi connectivity index (χ4n) is 3.97. The molecule has 0 aliphatic carbocycles. The zero-order valence-corrected chi connectivity index (χ0v) is 21.4. The number of hydroxylamine groups is 1. The van der Waals surface area contributed by atoms with Crippen LogP contribution >= 0.6 is 0 Å². The van der Waals surface area contributed by atoms with E-state index in [2.05, 4.69) is 13.8 Å². The van der Waals surface area contributed by atoms with Crippen molar-refractivity contribution in [3.63, 3.8) is 0 Å². The van der Waals surface area contributed by atoms with Gasteiger partial charge < -0.3 is 4.74 Å². The maximum absolute atomic E-state index is 13.4. The fourth-order valence-corrected chi connectivity index (χ4v) is 5.46. The van der Waals surface area contributed by atoms with Crippen LogP contribution < -0.4 is 15.3 Å². The first-order valence-electron chi connectivity index (χ1n) is 11.5. The van der Waals surface area contributed by atoms with Gasteiger partial charge in [0.15, 0.2) is 5.69 Å². The van der Waals surface area contributed by atoms with E-state index in [0.29, 0.717) is 48.1 Å². The van der Waals surface area contributed by atoms with Crippen LogP contribution in [0.1, 0.15) is 42.5 Å². The van der Waals surface area contributed by atoms with Gasteiger partial charge in [0.25, 0.3) is 0 Å². The highest BCUT2D eigenvalue weighted by molar-refractivity contribution is 7.86. The minimum absolute atomic E-state index is 0.165.